The van der Waals surface area contributed by atoms with Crippen LogP contribution in [0.25, 0.3) is 0 Å². The Morgan fingerprint density at radius 1 is 1.06 bits per heavy atom. The lowest BCUT2D eigenvalue weighted by Crippen LogP contribution is -1.99. The Labute approximate surface area is 94.0 Å². The molecule has 0 amide bonds. The smallest absolute Gasteiger partial charge is 0.137 e. The zero-order valence-corrected chi connectivity index (χ0v) is 9.23. The topological polar surface area (TPSA) is 62.7 Å². The SMILES string of the molecule is CNc1cc(Nc2cccc(C)n2)ncn1. The van der Waals surface area contributed by atoms with E-state index in [0.29, 0.717) is 0 Å². The summed E-state index contributed by atoms with van der Waals surface area (Å²) < 4.78 is 0. The molecular formula is C11H13N5. The number of pyridine rings is 1. The van der Waals surface area contributed by atoms with E-state index >= 15 is 0 Å². The molecule has 2 rings (SSSR count). The molecule has 2 heterocycles. The Morgan fingerprint density at radius 3 is 2.62 bits per heavy atom. The van der Waals surface area contributed by atoms with E-state index in [9.17, 15) is 0 Å². The molecule has 0 saturated heterocycles. The second-order valence-electron chi connectivity index (χ2n) is 3.33. The molecule has 2 aromatic heterocycles. The quantitative estimate of drug-likeness (QED) is 0.819. The van der Waals surface area contributed by atoms with Gasteiger partial charge in [-0.1, -0.05) is 6.07 Å². The molecule has 2 N–H and O–H groups in total. The molecule has 0 atom stereocenters. The zero-order chi connectivity index (χ0) is 11.4. The van der Waals surface area contributed by atoms with Crippen molar-refractivity contribution in [2.75, 3.05) is 17.7 Å². The van der Waals surface area contributed by atoms with E-state index in [1.165, 1.54) is 6.33 Å². The van der Waals surface area contributed by atoms with Gasteiger partial charge >= 0.3 is 0 Å². The van der Waals surface area contributed by atoms with Gasteiger partial charge in [0.25, 0.3) is 0 Å². The third-order valence-corrected chi connectivity index (χ3v) is 2.07. The number of aryl methyl sites for hydroxylation is 1. The number of hydrogen-bond donors (Lipinski definition) is 2. The van der Waals surface area contributed by atoms with Crippen LogP contribution in [0, 0.1) is 6.92 Å². The van der Waals surface area contributed by atoms with Crippen molar-refractivity contribution in [1.29, 1.82) is 0 Å². The highest BCUT2D eigenvalue weighted by atomic mass is 15.1. The van der Waals surface area contributed by atoms with Gasteiger partial charge in [0.2, 0.25) is 0 Å². The molecule has 0 unspecified atom stereocenters. The highest BCUT2D eigenvalue weighted by molar-refractivity contribution is 5.55. The minimum atomic E-state index is 0.720. The van der Waals surface area contributed by atoms with Gasteiger partial charge < -0.3 is 10.6 Å². The molecule has 2 aromatic rings. The van der Waals surface area contributed by atoms with E-state index < -0.39 is 0 Å². The van der Waals surface area contributed by atoms with E-state index in [2.05, 4.69) is 25.6 Å². The fourth-order valence-corrected chi connectivity index (χ4v) is 1.31. The molecule has 0 bridgehead atoms. The number of anilines is 3. The molecule has 0 fully saturated rings. The molecular weight excluding hydrogens is 202 g/mol. The number of aromatic nitrogens is 3. The molecule has 5 heteroatoms. The summed E-state index contributed by atoms with van der Waals surface area (Å²) in [7, 11) is 1.82. The van der Waals surface area contributed by atoms with E-state index in [0.717, 1.165) is 23.1 Å². The summed E-state index contributed by atoms with van der Waals surface area (Å²) in [5.74, 6) is 2.27. The monoisotopic (exact) mass is 215 g/mol. The Balaban J connectivity index is 2.20. The highest BCUT2D eigenvalue weighted by Gasteiger charge is 1.99. The summed E-state index contributed by atoms with van der Waals surface area (Å²) >= 11 is 0. The Kier molecular flexibility index (Phi) is 2.95. The largest absolute Gasteiger partial charge is 0.373 e. The Bertz CT molecular complexity index is 483. The zero-order valence-electron chi connectivity index (χ0n) is 9.23. The van der Waals surface area contributed by atoms with Gasteiger partial charge in [0.1, 0.15) is 23.8 Å². The van der Waals surface area contributed by atoms with Crippen LogP contribution >= 0.6 is 0 Å². The van der Waals surface area contributed by atoms with Gasteiger partial charge in [-0.15, -0.1) is 0 Å². The van der Waals surface area contributed by atoms with Gasteiger partial charge in [0.15, 0.2) is 0 Å². The normalized spacial score (nSPS) is 9.88. The van der Waals surface area contributed by atoms with E-state index in [1.54, 1.807) is 0 Å². The lowest BCUT2D eigenvalue weighted by Gasteiger charge is -2.06. The molecule has 0 radical (unpaired) electrons. The van der Waals surface area contributed by atoms with Gasteiger partial charge in [-0.05, 0) is 19.1 Å². The molecule has 0 aromatic carbocycles. The van der Waals surface area contributed by atoms with Gasteiger partial charge in [-0.2, -0.15) is 0 Å². The lowest BCUT2D eigenvalue weighted by atomic mass is 10.4. The maximum Gasteiger partial charge on any atom is 0.137 e. The predicted octanol–water partition coefficient (Wildman–Crippen LogP) is 1.97. The fraction of sp³-hybridized carbons (Fsp3) is 0.182. The molecule has 0 aliphatic heterocycles. The fourth-order valence-electron chi connectivity index (χ4n) is 1.31. The van der Waals surface area contributed by atoms with Crippen molar-refractivity contribution >= 4 is 17.5 Å². The van der Waals surface area contributed by atoms with Crippen LogP contribution in [0.1, 0.15) is 5.69 Å². The summed E-state index contributed by atoms with van der Waals surface area (Å²) in [4.78, 5) is 12.5. The molecule has 0 spiro atoms. The average molecular weight is 215 g/mol. The molecule has 82 valence electrons. The second-order valence-corrected chi connectivity index (χ2v) is 3.33. The maximum atomic E-state index is 4.33. The summed E-state index contributed by atoms with van der Waals surface area (Å²) in [5.41, 5.74) is 0.966. The van der Waals surface area contributed by atoms with E-state index in [1.807, 2.05) is 38.2 Å². The first kappa shape index (κ1) is 10.4. The van der Waals surface area contributed by atoms with Crippen LogP contribution < -0.4 is 10.6 Å². The van der Waals surface area contributed by atoms with Crippen LogP contribution in [-0.4, -0.2) is 22.0 Å². The molecule has 16 heavy (non-hydrogen) atoms. The summed E-state index contributed by atoms with van der Waals surface area (Å²) in [5, 5.41) is 6.07. The lowest BCUT2D eigenvalue weighted by molar-refractivity contribution is 1.14. The predicted molar refractivity (Wildman–Crippen MR) is 63.8 cm³/mol. The number of rotatable bonds is 3. The minimum Gasteiger partial charge on any atom is -0.373 e. The Morgan fingerprint density at radius 2 is 1.88 bits per heavy atom. The van der Waals surface area contributed by atoms with Gasteiger partial charge in [-0.25, -0.2) is 15.0 Å². The third kappa shape index (κ3) is 2.44. The first-order valence-electron chi connectivity index (χ1n) is 4.98. The van der Waals surface area contributed by atoms with Crippen molar-refractivity contribution in [2.24, 2.45) is 0 Å². The van der Waals surface area contributed by atoms with Crippen LogP contribution in [0.4, 0.5) is 17.5 Å². The summed E-state index contributed by atoms with van der Waals surface area (Å²) in [6.45, 7) is 1.95. The molecule has 0 saturated carbocycles. The molecule has 5 nitrogen and oxygen atoms in total. The summed E-state index contributed by atoms with van der Waals surface area (Å²) in [6.07, 6.45) is 1.50. The van der Waals surface area contributed by atoms with Gasteiger partial charge in [0.05, 0.1) is 0 Å². The standard InChI is InChI=1S/C11H13N5/c1-8-4-3-5-9(15-8)16-11-6-10(12-2)13-7-14-11/h3-7H,1-2H3,(H2,12,13,14,15,16). The second kappa shape index (κ2) is 4.57. The Hall–Kier alpha value is -2.17. The van der Waals surface area contributed by atoms with Crippen LogP contribution in [0.15, 0.2) is 30.6 Å². The van der Waals surface area contributed by atoms with E-state index in [-0.39, 0.29) is 0 Å². The number of nitrogens with zero attached hydrogens (tertiary/aromatic N) is 3. The van der Waals surface area contributed by atoms with Crippen molar-refractivity contribution < 1.29 is 0 Å². The molecule has 0 aliphatic rings. The van der Waals surface area contributed by atoms with Crippen molar-refractivity contribution in [3.05, 3.63) is 36.3 Å². The number of hydrogen-bond acceptors (Lipinski definition) is 5. The van der Waals surface area contributed by atoms with Crippen molar-refractivity contribution in [2.45, 2.75) is 6.92 Å². The first-order valence-corrected chi connectivity index (χ1v) is 4.98. The third-order valence-electron chi connectivity index (χ3n) is 2.07. The van der Waals surface area contributed by atoms with Crippen LogP contribution in [0.3, 0.4) is 0 Å². The van der Waals surface area contributed by atoms with Gasteiger partial charge in [-0.3, -0.25) is 0 Å². The van der Waals surface area contributed by atoms with Crippen molar-refractivity contribution in [1.82, 2.24) is 15.0 Å². The van der Waals surface area contributed by atoms with Crippen LogP contribution in [-0.2, 0) is 0 Å². The van der Waals surface area contributed by atoms with Crippen molar-refractivity contribution in [3.63, 3.8) is 0 Å². The number of nitrogens with one attached hydrogen (secondary N) is 2. The molecule has 0 aliphatic carbocycles. The minimum absolute atomic E-state index is 0.720. The first-order chi connectivity index (χ1) is 7.78. The highest BCUT2D eigenvalue weighted by Crippen LogP contribution is 2.13. The van der Waals surface area contributed by atoms with Crippen molar-refractivity contribution in [3.8, 4) is 0 Å². The van der Waals surface area contributed by atoms with E-state index in [4.69, 9.17) is 0 Å². The average Bonchev–Trinajstić information content (AvgIpc) is 2.29. The van der Waals surface area contributed by atoms with Crippen LogP contribution in [0.2, 0.25) is 0 Å². The van der Waals surface area contributed by atoms with Crippen LogP contribution in [0.5, 0.6) is 0 Å². The summed E-state index contributed by atoms with van der Waals surface area (Å²) in [6, 6.07) is 7.62. The maximum absolute atomic E-state index is 4.33. The van der Waals surface area contributed by atoms with Gasteiger partial charge in [0, 0.05) is 18.8 Å².